The van der Waals surface area contributed by atoms with Crippen molar-refractivity contribution in [2.24, 2.45) is 4.99 Å². The second kappa shape index (κ2) is 5.61. The summed E-state index contributed by atoms with van der Waals surface area (Å²) in [5.41, 5.74) is 0.826. The van der Waals surface area contributed by atoms with Gasteiger partial charge in [0.2, 0.25) is 6.08 Å². The first-order chi connectivity index (χ1) is 8.33. The van der Waals surface area contributed by atoms with E-state index >= 15 is 0 Å². The molecule has 0 heterocycles. The van der Waals surface area contributed by atoms with E-state index in [-0.39, 0.29) is 12.0 Å². The van der Waals surface area contributed by atoms with Gasteiger partial charge in [0.05, 0.1) is 11.6 Å². The highest BCUT2D eigenvalue weighted by Crippen LogP contribution is 2.18. The molecule has 96 valence electrons. The monoisotopic (exact) mass is 247 g/mol. The second-order valence-electron chi connectivity index (χ2n) is 5.02. The van der Waals surface area contributed by atoms with Crippen LogP contribution < -0.4 is 0 Å². The normalized spacial score (nSPS) is 12.4. The number of hydrogen-bond acceptors (Lipinski definition) is 4. The van der Waals surface area contributed by atoms with Crippen molar-refractivity contribution in [1.29, 1.82) is 0 Å². The molecule has 0 aliphatic carbocycles. The van der Waals surface area contributed by atoms with Gasteiger partial charge in [-0.15, -0.1) is 0 Å². The maximum absolute atomic E-state index is 11.8. The summed E-state index contributed by atoms with van der Waals surface area (Å²) in [5.74, 6) is -0.361. The van der Waals surface area contributed by atoms with Crippen LogP contribution in [0.1, 0.15) is 49.7 Å². The van der Waals surface area contributed by atoms with Crippen molar-refractivity contribution in [3.63, 3.8) is 0 Å². The Morgan fingerprint density at radius 3 is 2.28 bits per heavy atom. The highest BCUT2D eigenvalue weighted by molar-refractivity contribution is 5.89. The smallest absolute Gasteiger partial charge is 0.338 e. The van der Waals surface area contributed by atoms with Gasteiger partial charge in [0.1, 0.15) is 5.60 Å². The maximum atomic E-state index is 11.8. The average Bonchev–Trinajstić information content (AvgIpc) is 2.27. The molecule has 0 aliphatic heterocycles. The number of rotatable bonds is 3. The highest BCUT2D eigenvalue weighted by Gasteiger charge is 2.17. The number of benzene rings is 1. The quantitative estimate of drug-likeness (QED) is 0.468. The Hall–Kier alpha value is -1.93. The fourth-order valence-corrected chi connectivity index (χ4v) is 1.39. The minimum Gasteiger partial charge on any atom is -0.456 e. The van der Waals surface area contributed by atoms with Gasteiger partial charge in [-0.3, -0.25) is 0 Å². The van der Waals surface area contributed by atoms with Gasteiger partial charge in [0, 0.05) is 0 Å². The van der Waals surface area contributed by atoms with Crippen molar-refractivity contribution in [2.45, 2.75) is 39.3 Å². The van der Waals surface area contributed by atoms with Crippen LogP contribution in [-0.2, 0) is 9.53 Å². The van der Waals surface area contributed by atoms with Gasteiger partial charge in [-0.2, -0.15) is 4.99 Å². The minimum atomic E-state index is -0.509. The summed E-state index contributed by atoms with van der Waals surface area (Å²) in [6, 6.07) is 6.59. The predicted molar refractivity (Wildman–Crippen MR) is 68.1 cm³/mol. The summed E-state index contributed by atoms with van der Waals surface area (Å²) in [4.78, 5) is 25.5. The zero-order valence-corrected chi connectivity index (χ0v) is 11.1. The van der Waals surface area contributed by atoms with Gasteiger partial charge in [-0.25, -0.2) is 9.59 Å². The largest absolute Gasteiger partial charge is 0.456 e. The molecule has 1 rings (SSSR count). The van der Waals surface area contributed by atoms with Gasteiger partial charge < -0.3 is 4.74 Å². The van der Waals surface area contributed by atoms with Crippen LogP contribution in [0.25, 0.3) is 0 Å². The topological polar surface area (TPSA) is 55.7 Å². The van der Waals surface area contributed by atoms with Crippen molar-refractivity contribution in [1.82, 2.24) is 0 Å². The molecule has 0 aliphatic rings. The van der Waals surface area contributed by atoms with Gasteiger partial charge in [-0.05, 0) is 45.4 Å². The molecule has 0 N–H and O–H groups in total. The fraction of sp³-hybridized carbons (Fsp3) is 0.429. The van der Waals surface area contributed by atoms with Crippen molar-refractivity contribution < 1.29 is 14.3 Å². The first-order valence-electron chi connectivity index (χ1n) is 5.74. The lowest BCUT2D eigenvalue weighted by molar-refractivity contribution is 0.00695. The maximum Gasteiger partial charge on any atom is 0.338 e. The molecule has 0 radical (unpaired) electrons. The Balaban J connectivity index is 2.83. The zero-order valence-electron chi connectivity index (χ0n) is 11.1. The molecule has 0 spiro atoms. The van der Waals surface area contributed by atoms with E-state index in [9.17, 15) is 9.59 Å². The molecule has 4 heteroatoms. The molecule has 1 aromatic carbocycles. The highest BCUT2D eigenvalue weighted by atomic mass is 16.6. The molecule has 4 nitrogen and oxygen atoms in total. The van der Waals surface area contributed by atoms with Crippen LogP contribution >= 0.6 is 0 Å². The van der Waals surface area contributed by atoms with Crippen LogP contribution in [0.4, 0.5) is 0 Å². The van der Waals surface area contributed by atoms with E-state index in [1.165, 1.54) is 6.08 Å². The Labute approximate surface area is 107 Å². The number of nitrogens with zero attached hydrogens (tertiary/aromatic N) is 1. The molecule has 0 amide bonds. The van der Waals surface area contributed by atoms with Crippen molar-refractivity contribution in [3.05, 3.63) is 35.4 Å². The molecular weight excluding hydrogens is 230 g/mol. The summed E-state index contributed by atoms with van der Waals surface area (Å²) in [6.45, 7) is 7.24. The Kier molecular flexibility index (Phi) is 4.40. The number of esters is 1. The van der Waals surface area contributed by atoms with Crippen molar-refractivity contribution in [2.75, 3.05) is 0 Å². The number of aliphatic imine (C=N–C) groups is 1. The van der Waals surface area contributed by atoms with Crippen molar-refractivity contribution in [3.8, 4) is 0 Å². The Bertz CT molecular complexity index is 465. The van der Waals surface area contributed by atoms with Crippen LogP contribution in [-0.4, -0.2) is 17.7 Å². The van der Waals surface area contributed by atoms with Gasteiger partial charge in [-0.1, -0.05) is 12.1 Å². The van der Waals surface area contributed by atoms with E-state index in [1.54, 1.807) is 31.2 Å². The van der Waals surface area contributed by atoms with Crippen molar-refractivity contribution >= 4 is 12.0 Å². The third-order valence-corrected chi connectivity index (χ3v) is 2.27. The Morgan fingerprint density at radius 2 is 1.83 bits per heavy atom. The van der Waals surface area contributed by atoms with E-state index in [0.717, 1.165) is 5.56 Å². The van der Waals surface area contributed by atoms with Crippen LogP contribution in [0.3, 0.4) is 0 Å². The van der Waals surface area contributed by atoms with E-state index in [0.29, 0.717) is 5.56 Å². The zero-order chi connectivity index (χ0) is 13.8. The lowest BCUT2D eigenvalue weighted by Crippen LogP contribution is -2.23. The lowest BCUT2D eigenvalue weighted by atomic mass is 10.1. The summed E-state index contributed by atoms with van der Waals surface area (Å²) in [7, 11) is 0. The summed E-state index contributed by atoms with van der Waals surface area (Å²) < 4.78 is 5.25. The Morgan fingerprint density at radius 1 is 1.28 bits per heavy atom. The summed E-state index contributed by atoms with van der Waals surface area (Å²) >= 11 is 0. The summed E-state index contributed by atoms with van der Waals surface area (Å²) in [6.07, 6.45) is 1.52. The molecule has 0 saturated heterocycles. The number of ether oxygens (including phenoxy) is 1. The molecule has 0 aromatic heterocycles. The van der Waals surface area contributed by atoms with E-state index in [2.05, 4.69) is 4.99 Å². The number of carbonyl (C=O) groups is 1. The van der Waals surface area contributed by atoms with Gasteiger partial charge >= 0.3 is 5.97 Å². The fourth-order valence-electron chi connectivity index (χ4n) is 1.39. The summed E-state index contributed by atoms with van der Waals surface area (Å²) in [5, 5.41) is 0. The predicted octanol–water partition coefficient (Wildman–Crippen LogP) is 3.04. The average molecular weight is 247 g/mol. The van der Waals surface area contributed by atoms with Gasteiger partial charge in [0.25, 0.3) is 0 Å². The van der Waals surface area contributed by atoms with Crippen LogP contribution in [0.5, 0.6) is 0 Å². The third-order valence-electron chi connectivity index (χ3n) is 2.27. The van der Waals surface area contributed by atoms with E-state index < -0.39 is 5.60 Å². The first kappa shape index (κ1) is 14.1. The lowest BCUT2D eigenvalue weighted by Gasteiger charge is -2.19. The first-order valence-corrected chi connectivity index (χ1v) is 5.74. The molecule has 0 fully saturated rings. The van der Waals surface area contributed by atoms with Crippen LogP contribution in [0.2, 0.25) is 0 Å². The van der Waals surface area contributed by atoms with E-state index in [4.69, 9.17) is 4.74 Å². The molecule has 1 atom stereocenters. The molecule has 0 bridgehead atoms. The number of hydrogen-bond donors (Lipinski definition) is 0. The second-order valence-corrected chi connectivity index (χ2v) is 5.02. The van der Waals surface area contributed by atoms with Crippen LogP contribution in [0, 0.1) is 0 Å². The number of carbonyl (C=O) groups excluding carboxylic acids is 2. The minimum absolute atomic E-state index is 0.254. The van der Waals surface area contributed by atoms with Gasteiger partial charge in [0.15, 0.2) is 0 Å². The molecule has 1 aromatic rings. The van der Waals surface area contributed by atoms with E-state index in [1.807, 2.05) is 20.8 Å². The number of isocyanates is 1. The standard InChI is InChI=1S/C14H17NO3/c1-10(15-9-16)11-5-7-12(8-6-11)13(17)18-14(2,3)4/h5-8,10H,1-4H3/t10-/m1/s1. The SMILES string of the molecule is C[C@@H](N=C=O)c1ccc(C(=O)OC(C)(C)C)cc1. The molecule has 0 saturated carbocycles. The molecular formula is C14H17NO3. The molecule has 18 heavy (non-hydrogen) atoms. The van der Waals surface area contributed by atoms with Crippen LogP contribution in [0.15, 0.2) is 29.3 Å². The third kappa shape index (κ3) is 4.15. The molecule has 0 unspecified atom stereocenters.